The number of benzene rings is 1. The molecule has 1 atom stereocenters. The van der Waals surface area contributed by atoms with Crippen LogP contribution in [0, 0.1) is 0 Å². The van der Waals surface area contributed by atoms with Crippen molar-refractivity contribution in [3.63, 3.8) is 0 Å². The molecule has 0 radical (unpaired) electrons. The molecule has 17 heavy (non-hydrogen) atoms. The molecule has 1 saturated heterocycles. The van der Waals surface area contributed by atoms with Crippen molar-refractivity contribution in [3.05, 3.63) is 35.9 Å². The number of carbonyl (C=O) groups excluding carboxylic acids is 1. The van der Waals surface area contributed by atoms with Gasteiger partial charge in [-0.15, -0.1) is 24.2 Å². The van der Waals surface area contributed by atoms with Gasteiger partial charge in [-0.05, 0) is 12.0 Å². The Balaban J connectivity index is 0.00000144. The maximum atomic E-state index is 11.6. The van der Waals surface area contributed by atoms with E-state index in [0.29, 0.717) is 6.54 Å². The van der Waals surface area contributed by atoms with Gasteiger partial charge in [0.1, 0.15) is 0 Å². The summed E-state index contributed by atoms with van der Waals surface area (Å²) < 4.78 is 0. The second kappa shape index (κ2) is 7.58. The highest BCUT2D eigenvalue weighted by molar-refractivity contribution is 7.99. The molecule has 0 bridgehead atoms. The highest BCUT2D eigenvalue weighted by atomic mass is 35.5. The molecule has 2 rings (SSSR count). The van der Waals surface area contributed by atoms with E-state index < -0.39 is 0 Å². The van der Waals surface area contributed by atoms with Crippen LogP contribution < -0.4 is 10.6 Å². The van der Waals surface area contributed by atoms with Crippen LogP contribution in [-0.4, -0.2) is 30.1 Å². The predicted molar refractivity (Wildman–Crippen MR) is 74.7 cm³/mol. The van der Waals surface area contributed by atoms with E-state index in [1.807, 2.05) is 18.2 Å². The Morgan fingerprint density at radius 2 is 2.18 bits per heavy atom. The summed E-state index contributed by atoms with van der Waals surface area (Å²) in [6.45, 7) is 0.714. The van der Waals surface area contributed by atoms with Crippen LogP contribution in [0.3, 0.4) is 0 Å². The average molecular weight is 273 g/mol. The van der Waals surface area contributed by atoms with E-state index in [1.54, 1.807) is 11.8 Å². The molecule has 0 saturated carbocycles. The third kappa shape index (κ3) is 4.58. The van der Waals surface area contributed by atoms with Crippen molar-refractivity contribution in [2.24, 2.45) is 0 Å². The summed E-state index contributed by atoms with van der Waals surface area (Å²) >= 11 is 1.77. The minimum atomic E-state index is 0. The first-order valence-electron chi connectivity index (χ1n) is 5.49. The zero-order chi connectivity index (χ0) is 11.2. The Morgan fingerprint density at radius 3 is 2.82 bits per heavy atom. The molecule has 2 N–H and O–H groups in total. The molecular formula is C12H17ClN2OS. The van der Waals surface area contributed by atoms with Crippen molar-refractivity contribution in [1.82, 2.24) is 10.6 Å². The first-order chi connectivity index (χ1) is 7.86. The second-order valence-electron chi connectivity index (χ2n) is 3.80. The van der Waals surface area contributed by atoms with E-state index in [9.17, 15) is 4.79 Å². The summed E-state index contributed by atoms with van der Waals surface area (Å²) in [6, 6.07) is 10.2. The molecule has 5 heteroatoms. The van der Waals surface area contributed by atoms with Crippen molar-refractivity contribution in [2.75, 3.05) is 18.2 Å². The number of hydrogen-bond acceptors (Lipinski definition) is 3. The summed E-state index contributed by atoms with van der Waals surface area (Å²) in [5.41, 5.74) is 1.26. The normalized spacial score (nSPS) is 18.5. The van der Waals surface area contributed by atoms with Crippen LogP contribution in [0.5, 0.6) is 0 Å². The van der Waals surface area contributed by atoms with Gasteiger partial charge in [0.25, 0.3) is 0 Å². The zero-order valence-electron chi connectivity index (χ0n) is 9.52. The van der Waals surface area contributed by atoms with E-state index in [-0.39, 0.29) is 24.4 Å². The maximum Gasteiger partial charge on any atom is 0.238 e. The Morgan fingerprint density at radius 1 is 1.41 bits per heavy atom. The van der Waals surface area contributed by atoms with E-state index in [4.69, 9.17) is 0 Å². The molecule has 0 aromatic heterocycles. The van der Waals surface area contributed by atoms with Gasteiger partial charge in [0.15, 0.2) is 0 Å². The highest BCUT2D eigenvalue weighted by Crippen LogP contribution is 2.09. The summed E-state index contributed by atoms with van der Waals surface area (Å²) in [5, 5.41) is 6.11. The molecule has 0 aliphatic carbocycles. The van der Waals surface area contributed by atoms with Crippen molar-refractivity contribution in [3.8, 4) is 0 Å². The first kappa shape index (κ1) is 14.4. The second-order valence-corrected chi connectivity index (χ2v) is 4.83. The van der Waals surface area contributed by atoms with Crippen LogP contribution in [0.1, 0.15) is 5.56 Å². The van der Waals surface area contributed by atoms with Crippen molar-refractivity contribution in [2.45, 2.75) is 12.5 Å². The summed E-state index contributed by atoms with van der Waals surface area (Å²) in [6.07, 6.45) is 0.895. The predicted octanol–water partition coefficient (Wildman–Crippen LogP) is 1.43. The quantitative estimate of drug-likeness (QED) is 0.871. The van der Waals surface area contributed by atoms with Crippen molar-refractivity contribution < 1.29 is 4.79 Å². The molecule has 1 unspecified atom stereocenters. The van der Waals surface area contributed by atoms with Gasteiger partial charge in [-0.25, -0.2) is 0 Å². The maximum absolute atomic E-state index is 11.6. The number of thioether (sulfide) groups is 1. The first-order valence-corrected chi connectivity index (χ1v) is 6.64. The van der Waals surface area contributed by atoms with Gasteiger partial charge in [-0.2, -0.15) is 0 Å². The van der Waals surface area contributed by atoms with E-state index in [1.165, 1.54) is 5.56 Å². The van der Waals surface area contributed by atoms with Gasteiger partial charge in [-0.1, -0.05) is 30.3 Å². The standard InChI is InChI=1S/C12H16N2OS.ClH/c15-12(11-8-16-9-14-11)13-7-6-10-4-2-1-3-5-10;/h1-5,11,14H,6-9H2,(H,13,15);1H. The molecule has 1 aromatic carbocycles. The largest absolute Gasteiger partial charge is 0.354 e. The van der Waals surface area contributed by atoms with E-state index in [0.717, 1.165) is 18.1 Å². The number of carbonyl (C=O) groups is 1. The third-order valence-corrected chi connectivity index (χ3v) is 3.53. The molecule has 1 aliphatic rings. The van der Waals surface area contributed by atoms with Crippen molar-refractivity contribution >= 4 is 30.1 Å². The Hall–Kier alpha value is -0.710. The smallest absolute Gasteiger partial charge is 0.238 e. The van der Waals surface area contributed by atoms with E-state index in [2.05, 4.69) is 22.8 Å². The van der Waals surface area contributed by atoms with Gasteiger partial charge in [-0.3, -0.25) is 10.1 Å². The highest BCUT2D eigenvalue weighted by Gasteiger charge is 2.21. The monoisotopic (exact) mass is 272 g/mol. The summed E-state index contributed by atoms with van der Waals surface area (Å²) in [4.78, 5) is 11.6. The fourth-order valence-electron chi connectivity index (χ4n) is 1.66. The van der Waals surface area contributed by atoms with Crippen LogP contribution in [0.2, 0.25) is 0 Å². The minimum absolute atomic E-state index is 0. The molecule has 94 valence electrons. The number of rotatable bonds is 4. The van der Waals surface area contributed by atoms with Gasteiger partial charge in [0, 0.05) is 18.2 Å². The molecular weight excluding hydrogens is 256 g/mol. The lowest BCUT2D eigenvalue weighted by atomic mass is 10.1. The number of nitrogens with one attached hydrogen (secondary N) is 2. The number of hydrogen-bond donors (Lipinski definition) is 2. The van der Waals surface area contributed by atoms with Crippen molar-refractivity contribution in [1.29, 1.82) is 0 Å². The average Bonchev–Trinajstić information content (AvgIpc) is 2.84. The molecule has 1 fully saturated rings. The molecule has 1 amide bonds. The number of halogens is 1. The molecule has 1 aliphatic heterocycles. The summed E-state index contributed by atoms with van der Waals surface area (Å²) in [5.74, 6) is 1.90. The molecule has 1 aromatic rings. The van der Waals surface area contributed by atoms with Crippen LogP contribution in [0.25, 0.3) is 0 Å². The molecule has 0 spiro atoms. The lowest BCUT2D eigenvalue weighted by molar-refractivity contribution is -0.122. The third-order valence-electron chi connectivity index (χ3n) is 2.59. The Bertz CT molecular complexity index is 342. The zero-order valence-corrected chi connectivity index (χ0v) is 11.2. The van der Waals surface area contributed by atoms with Gasteiger partial charge in [0.2, 0.25) is 5.91 Å². The summed E-state index contributed by atoms with van der Waals surface area (Å²) in [7, 11) is 0. The van der Waals surface area contributed by atoms with Crippen LogP contribution >= 0.6 is 24.2 Å². The SMILES string of the molecule is Cl.O=C(NCCc1ccccc1)C1CSCN1. The molecule has 1 heterocycles. The topological polar surface area (TPSA) is 41.1 Å². The van der Waals surface area contributed by atoms with Gasteiger partial charge < -0.3 is 5.32 Å². The van der Waals surface area contributed by atoms with Gasteiger partial charge in [0.05, 0.1) is 6.04 Å². The molecule has 3 nitrogen and oxygen atoms in total. The Kier molecular flexibility index (Phi) is 6.40. The number of amides is 1. The lowest BCUT2D eigenvalue weighted by Gasteiger charge is -2.10. The van der Waals surface area contributed by atoms with Crippen LogP contribution in [0.4, 0.5) is 0 Å². The fourth-order valence-corrected chi connectivity index (χ4v) is 2.60. The minimum Gasteiger partial charge on any atom is -0.354 e. The van der Waals surface area contributed by atoms with Gasteiger partial charge >= 0.3 is 0 Å². The van der Waals surface area contributed by atoms with Crippen LogP contribution in [0.15, 0.2) is 30.3 Å². The lowest BCUT2D eigenvalue weighted by Crippen LogP contribution is -2.42. The van der Waals surface area contributed by atoms with E-state index >= 15 is 0 Å². The Labute approximate surface area is 112 Å². The fraction of sp³-hybridized carbons (Fsp3) is 0.417. The van der Waals surface area contributed by atoms with Crippen LogP contribution in [-0.2, 0) is 11.2 Å².